The summed E-state index contributed by atoms with van der Waals surface area (Å²) in [5.41, 5.74) is 8.44. The van der Waals surface area contributed by atoms with E-state index >= 15 is 0 Å². The van der Waals surface area contributed by atoms with Gasteiger partial charge < -0.3 is 11.1 Å². The van der Waals surface area contributed by atoms with Crippen LogP contribution in [0.5, 0.6) is 0 Å². The van der Waals surface area contributed by atoms with Crippen LogP contribution in [0.4, 0.5) is 10.1 Å². The molecule has 0 fully saturated rings. The van der Waals surface area contributed by atoms with Crippen LogP contribution in [0.25, 0.3) is 0 Å². The molecule has 2 aromatic carbocycles. The Labute approximate surface area is 127 Å². The molecule has 0 bridgehead atoms. The van der Waals surface area contributed by atoms with E-state index in [1.54, 1.807) is 38.1 Å². The molecule has 21 heavy (non-hydrogen) atoms. The second-order valence-electron chi connectivity index (χ2n) is 4.96. The fourth-order valence-electron chi connectivity index (χ4n) is 2.09. The van der Waals surface area contributed by atoms with Crippen LogP contribution in [0.15, 0.2) is 30.3 Å². The van der Waals surface area contributed by atoms with E-state index in [1.165, 1.54) is 6.07 Å². The molecule has 0 saturated heterocycles. The third kappa shape index (κ3) is 3.52. The van der Waals surface area contributed by atoms with Gasteiger partial charge in [-0.1, -0.05) is 23.7 Å². The first-order valence-electron chi connectivity index (χ1n) is 6.47. The van der Waals surface area contributed by atoms with Gasteiger partial charge in [0.15, 0.2) is 0 Å². The maximum absolute atomic E-state index is 13.5. The number of nitrogen functional groups attached to an aromatic ring is 1. The highest BCUT2D eigenvalue weighted by molar-refractivity contribution is 6.33. The molecule has 0 aliphatic heterocycles. The second kappa shape index (κ2) is 6.14. The first-order chi connectivity index (χ1) is 9.88. The Morgan fingerprint density at radius 2 is 1.86 bits per heavy atom. The van der Waals surface area contributed by atoms with E-state index in [0.717, 1.165) is 5.56 Å². The van der Waals surface area contributed by atoms with Crippen LogP contribution >= 0.6 is 11.6 Å². The van der Waals surface area contributed by atoms with Gasteiger partial charge in [-0.2, -0.15) is 0 Å². The van der Waals surface area contributed by atoms with Crippen molar-refractivity contribution in [3.8, 4) is 0 Å². The van der Waals surface area contributed by atoms with E-state index < -0.39 is 0 Å². The van der Waals surface area contributed by atoms with E-state index in [2.05, 4.69) is 5.32 Å². The van der Waals surface area contributed by atoms with Crippen molar-refractivity contribution in [2.45, 2.75) is 20.4 Å². The molecule has 2 rings (SSSR count). The van der Waals surface area contributed by atoms with Gasteiger partial charge in [0, 0.05) is 12.1 Å². The SMILES string of the molecule is Cc1cc(CNC(=O)c2ccc(N)c(Cl)c2)cc(C)c1F. The van der Waals surface area contributed by atoms with Gasteiger partial charge >= 0.3 is 0 Å². The molecule has 0 heterocycles. The number of rotatable bonds is 3. The Morgan fingerprint density at radius 1 is 1.24 bits per heavy atom. The highest BCUT2D eigenvalue weighted by Gasteiger charge is 2.09. The number of nitrogens with two attached hydrogens (primary N) is 1. The van der Waals surface area contributed by atoms with Gasteiger partial charge in [-0.05, 0) is 48.7 Å². The lowest BCUT2D eigenvalue weighted by molar-refractivity contribution is 0.0951. The number of nitrogens with one attached hydrogen (secondary N) is 1. The molecule has 5 heteroatoms. The number of carbonyl (C=O) groups excluding carboxylic acids is 1. The Morgan fingerprint density at radius 3 is 2.43 bits per heavy atom. The highest BCUT2D eigenvalue weighted by Crippen LogP contribution is 2.20. The van der Waals surface area contributed by atoms with Crippen LogP contribution < -0.4 is 11.1 Å². The first-order valence-corrected chi connectivity index (χ1v) is 6.85. The van der Waals surface area contributed by atoms with Crippen LogP contribution in [0, 0.1) is 19.7 Å². The normalized spacial score (nSPS) is 10.5. The topological polar surface area (TPSA) is 55.1 Å². The van der Waals surface area contributed by atoms with E-state index in [-0.39, 0.29) is 11.7 Å². The van der Waals surface area contributed by atoms with Gasteiger partial charge in [0.25, 0.3) is 5.91 Å². The van der Waals surface area contributed by atoms with E-state index in [0.29, 0.717) is 33.9 Å². The van der Waals surface area contributed by atoms with Crippen LogP contribution in [0.3, 0.4) is 0 Å². The van der Waals surface area contributed by atoms with Crippen LogP contribution in [-0.4, -0.2) is 5.91 Å². The molecule has 110 valence electrons. The van der Waals surface area contributed by atoms with Crippen molar-refractivity contribution in [2.75, 3.05) is 5.73 Å². The predicted molar refractivity (Wildman–Crippen MR) is 82.9 cm³/mol. The maximum Gasteiger partial charge on any atom is 0.251 e. The van der Waals surface area contributed by atoms with Gasteiger partial charge in [0.2, 0.25) is 0 Å². The fourth-order valence-corrected chi connectivity index (χ4v) is 2.27. The van der Waals surface area contributed by atoms with Gasteiger partial charge in [-0.3, -0.25) is 4.79 Å². The van der Waals surface area contributed by atoms with Crippen molar-refractivity contribution in [2.24, 2.45) is 0 Å². The Kier molecular flexibility index (Phi) is 4.48. The zero-order valence-electron chi connectivity index (χ0n) is 11.8. The summed E-state index contributed by atoms with van der Waals surface area (Å²) in [6.07, 6.45) is 0. The minimum absolute atomic E-state index is 0.213. The summed E-state index contributed by atoms with van der Waals surface area (Å²) in [4.78, 5) is 12.0. The van der Waals surface area contributed by atoms with Crippen molar-refractivity contribution in [1.82, 2.24) is 5.32 Å². The molecule has 1 amide bonds. The molecule has 2 aromatic rings. The van der Waals surface area contributed by atoms with Crippen LogP contribution in [0.2, 0.25) is 5.02 Å². The number of carbonyl (C=O) groups is 1. The third-order valence-corrected chi connectivity index (χ3v) is 3.54. The van der Waals surface area contributed by atoms with E-state index in [9.17, 15) is 9.18 Å². The largest absolute Gasteiger partial charge is 0.398 e. The van der Waals surface area contributed by atoms with E-state index in [1.807, 2.05) is 0 Å². The highest BCUT2D eigenvalue weighted by atomic mass is 35.5. The summed E-state index contributed by atoms with van der Waals surface area (Å²) in [5, 5.41) is 3.12. The van der Waals surface area contributed by atoms with Crippen molar-refractivity contribution in [3.63, 3.8) is 0 Å². The maximum atomic E-state index is 13.5. The lowest BCUT2D eigenvalue weighted by Crippen LogP contribution is -2.23. The molecule has 0 radical (unpaired) electrons. The van der Waals surface area contributed by atoms with Crippen molar-refractivity contribution in [3.05, 3.63) is 63.4 Å². The first kappa shape index (κ1) is 15.3. The standard InChI is InChI=1S/C16H16ClFN2O/c1-9-5-11(6-10(2)15(9)18)8-20-16(21)12-3-4-14(19)13(17)7-12/h3-7H,8,19H2,1-2H3,(H,20,21). The zero-order chi connectivity index (χ0) is 15.6. The average Bonchev–Trinajstić information content (AvgIpc) is 2.44. The number of benzene rings is 2. The summed E-state index contributed by atoms with van der Waals surface area (Å²) in [5.74, 6) is -0.466. The minimum atomic E-state index is -0.253. The van der Waals surface area contributed by atoms with Crippen LogP contribution in [0.1, 0.15) is 27.0 Å². The molecule has 0 spiro atoms. The summed E-state index contributed by atoms with van der Waals surface area (Å²) in [6.45, 7) is 3.73. The summed E-state index contributed by atoms with van der Waals surface area (Å²) in [7, 11) is 0. The minimum Gasteiger partial charge on any atom is -0.398 e. The summed E-state index contributed by atoms with van der Waals surface area (Å²) in [6, 6.07) is 8.16. The van der Waals surface area contributed by atoms with Crippen molar-refractivity contribution >= 4 is 23.2 Å². The fraction of sp³-hybridized carbons (Fsp3) is 0.188. The molecule has 0 unspecified atom stereocenters. The number of halogens is 2. The third-order valence-electron chi connectivity index (χ3n) is 3.21. The monoisotopic (exact) mass is 306 g/mol. The van der Waals surface area contributed by atoms with E-state index in [4.69, 9.17) is 17.3 Å². The smallest absolute Gasteiger partial charge is 0.251 e. The molecule has 3 N–H and O–H groups in total. The molecular formula is C16H16ClFN2O. The Balaban J connectivity index is 2.09. The molecule has 0 aliphatic carbocycles. The van der Waals surface area contributed by atoms with Gasteiger partial charge in [-0.15, -0.1) is 0 Å². The number of aryl methyl sites for hydroxylation is 2. The van der Waals surface area contributed by atoms with Gasteiger partial charge in [0.05, 0.1) is 10.7 Å². The summed E-state index contributed by atoms with van der Waals surface area (Å²) < 4.78 is 13.5. The van der Waals surface area contributed by atoms with Crippen LogP contribution in [-0.2, 0) is 6.54 Å². The second-order valence-corrected chi connectivity index (χ2v) is 5.37. The molecule has 0 aliphatic rings. The zero-order valence-corrected chi connectivity index (χ0v) is 12.6. The van der Waals surface area contributed by atoms with Crippen molar-refractivity contribution < 1.29 is 9.18 Å². The molecule has 3 nitrogen and oxygen atoms in total. The van der Waals surface area contributed by atoms with Crippen molar-refractivity contribution in [1.29, 1.82) is 0 Å². The quantitative estimate of drug-likeness (QED) is 0.851. The number of hydrogen-bond donors (Lipinski definition) is 2. The number of amides is 1. The molecule has 0 saturated carbocycles. The molecule has 0 aromatic heterocycles. The Hall–Kier alpha value is -2.07. The molecule has 0 atom stereocenters. The average molecular weight is 307 g/mol. The molecular weight excluding hydrogens is 291 g/mol. The van der Waals surface area contributed by atoms with Gasteiger partial charge in [-0.25, -0.2) is 4.39 Å². The predicted octanol–water partition coefficient (Wildman–Crippen LogP) is 3.61. The number of hydrogen-bond acceptors (Lipinski definition) is 2. The Bertz CT molecular complexity index is 678. The lowest BCUT2D eigenvalue weighted by atomic mass is 10.1. The number of anilines is 1. The summed E-state index contributed by atoms with van der Waals surface area (Å²) >= 11 is 5.89. The van der Waals surface area contributed by atoms with Gasteiger partial charge in [0.1, 0.15) is 5.82 Å². The lowest BCUT2D eigenvalue weighted by Gasteiger charge is -2.09.